The Morgan fingerprint density at radius 3 is 2.52 bits per heavy atom. The van der Waals surface area contributed by atoms with Crippen LogP contribution < -0.4 is 14.8 Å². The highest BCUT2D eigenvalue weighted by atomic mass is 32.1. The van der Waals surface area contributed by atoms with Crippen LogP contribution in [0.3, 0.4) is 0 Å². The minimum Gasteiger partial charge on any atom is -0.496 e. The molecule has 148 valence electrons. The summed E-state index contributed by atoms with van der Waals surface area (Å²) in [4.78, 5) is 35.4. The van der Waals surface area contributed by atoms with Gasteiger partial charge in [0.05, 0.1) is 28.5 Å². The second-order valence-electron chi connectivity index (χ2n) is 5.84. The number of hydrogen-bond acceptors (Lipinski definition) is 7. The fourth-order valence-corrected chi connectivity index (χ4v) is 3.09. The van der Waals surface area contributed by atoms with Gasteiger partial charge in [0, 0.05) is 6.54 Å². The molecule has 3 rings (SSSR count). The Labute approximate surface area is 169 Å². The van der Waals surface area contributed by atoms with Gasteiger partial charge in [-0.2, -0.15) is 0 Å². The minimum absolute atomic E-state index is 0.171. The molecule has 1 amide bonds. The Balaban J connectivity index is 1.65. The van der Waals surface area contributed by atoms with Crippen molar-refractivity contribution in [3.05, 3.63) is 86.1 Å². The Bertz CT molecular complexity index is 1030. The molecule has 0 aliphatic heterocycles. The van der Waals surface area contributed by atoms with Gasteiger partial charge < -0.3 is 14.8 Å². The fourth-order valence-electron chi connectivity index (χ4n) is 2.45. The molecule has 0 saturated heterocycles. The summed E-state index contributed by atoms with van der Waals surface area (Å²) in [6.45, 7) is 0.302. The third-order valence-corrected chi connectivity index (χ3v) is 4.82. The Morgan fingerprint density at radius 2 is 1.90 bits per heavy atom. The number of hydrogen-bond donors (Lipinski definition) is 1. The summed E-state index contributed by atoms with van der Waals surface area (Å²) in [7, 11) is 1.38. The van der Waals surface area contributed by atoms with E-state index in [9.17, 15) is 19.7 Å². The maximum atomic E-state index is 12.3. The van der Waals surface area contributed by atoms with Gasteiger partial charge in [-0.1, -0.05) is 18.2 Å². The average Bonchev–Trinajstić information content (AvgIpc) is 3.27. The van der Waals surface area contributed by atoms with E-state index in [0.29, 0.717) is 11.4 Å². The molecule has 0 unspecified atom stereocenters. The van der Waals surface area contributed by atoms with E-state index in [2.05, 4.69) is 5.32 Å². The first-order valence-corrected chi connectivity index (χ1v) is 9.31. The van der Waals surface area contributed by atoms with E-state index in [1.807, 2.05) is 5.38 Å². The van der Waals surface area contributed by atoms with Crippen LogP contribution in [-0.2, 0) is 6.54 Å². The van der Waals surface area contributed by atoms with Crippen LogP contribution in [0.1, 0.15) is 25.6 Å². The van der Waals surface area contributed by atoms with Gasteiger partial charge in [-0.05, 0) is 41.3 Å². The van der Waals surface area contributed by atoms with Crippen molar-refractivity contribution in [1.29, 1.82) is 0 Å². The van der Waals surface area contributed by atoms with Crippen LogP contribution in [0.5, 0.6) is 11.5 Å². The van der Waals surface area contributed by atoms with Gasteiger partial charge in [0.15, 0.2) is 0 Å². The zero-order valence-electron chi connectivity index (χ0n) is 15.3. The van der Waals surface area contributed by atoms with Crippen molar-refractivity contribution in [3.8, 4) is 11.5 Å². The molecular formula is C20H16N2O6S. The summed E-state index contributed by atoms with van der Waals surface area (Å²) >= 11 is 1.35. The highest BCUT2D eigenvalue weighted by Gasteiger charge is 2.20. The highest BCUT2D eigenvalue weighted by molar-refractivity contribution is 7.12. The van der Waals surface area contributed by atoms with Gasteiger partial charge in [0.2, 0.25) is 5.75 Å². The number of carbonyl (C=O) groups is 2. The SMILES string of the molecule is COc1ccc(OC(=O)c2ccc(CNC(=O)c3cccs3)cc2)c([N+](=O)[O-])c1. The second kappa shape index (κ2) is 8.98. The first kappa shape index (κ1) is 20.0. The van der Waals surface area contributed by atoms with Crippen LogP contribution in [-0.4, -0.2) is 23.9 Å². The number of nitrogens with zero attached hydrogens (tertiary/aromatic N) is 1. The van der Waals surface area contributed by atoms with Crippen molar-refractivity contribution in [3.63, 3.8) is 0 Å². The van der Waals surface area contributed by atoms with Crippen molar-refractivity contribution < 1.29 is 24.0 Å². The molecule has 0 radical (unpaired) electrons. The van der Waals surface area contributed by atoms with Crippen LogP contribution in [0.15, 0.2) is 60.0 Å². The van der Waals surface area contributed by atoms with Gasteiger partial charge in [-0.25, -0.2) is 4.79 Å². The number of nitro benzene ring substituents is 1. The Hall–Kier alpha value is -3.72. The molecule has 2 aromatic carbocycles. The predicted molar refractivity (Wildman–Crippen MR) is 107 cm³/mol. The molecule has 0 fully saturated rings. The van der Waals surface area contributed by atoms with Crippen molar-refractivity contribution in [1.82, 2.24) is 5.32 Å². The quantitative estimate of drug-likeness (QED) is 0.274. The molecule has 3 aromatic rings. The molecule has 0 aliphatic rings. The van der Waals surface area contributed by atoms with E-state index < -0.39 is 10.9 Å². The molecule has 0 saturated carbocycles. The van der Waals surface area contributed by atoms with Crippen LogP contribution in [0.25, 0.3) is 0 Å². The fraction of sp³-hybridized carbons (Fsp3) is 0.100. The number of nitrogens with one attached hydrogen (secondary N) is 1. The maximum Gasteiger partial charge on any atom is 0.343 e. The molecular weight excluding hydrogens is 396 g/mol. The summed E-state index contributed by atoms with van der Waals surface area (Å²) in [6, 6.07) is 13.9. The standard InChI is InChI=1S/C20H16N2O6S/c1-27-15-8-9-17(16(11-15)22(25)26)28-20(24)14-6-4-13(5-7-14)12-21-19(23)18-3-2-10-29-18/h2-11H,12H2,1H3,(H,21,23). The number of amides is 1. The van der Waals surface area contributed by atoms with Gasteiger partial charge in [0.25, 0.3) is 5.91 Å². The number of thiophene rings is 1. The van der Waals surface area contributed by atoms with Crippen molar-refractivity contribution in [2.75, 3.05) is 7.11 Å². The lowest BCUT2D eigenvalue weighted by atomic mass is 10.1. The molecule has 0 bridgehead atoms. The summed E-state index contributed by atoms with van der Waals surface area (Å²) < 4.78 is 10.1. The largest absolute Gasteiger partial charge is 0.496 e. The third kappa shape index (κ3) is 4.96. The van der Waals surface area contributed by atoms with Gasteiger partial charge in [-0.3, -0.25) is 14.9 Å². The number of rotatable bonds is 7. The third-order valence-electron chi connectivity index (χ3n) is 3.95. The number of methoxy groups -OCH3 is 1. The lowest BCUT2D eigenvalue weighted by Gasteiger charge is -2.08. The van der Waals surface area contributed by atoms with Crippen molar-refractivity contribution in [2.45, 2.75) is 6.54 Å². The zero-order chi connectivity index (χ0) is 20.8. The summed E-state index contributed by atoms with van der Waals surface area (Å²) in [5.74, 6) is -0.790. The Morgan fingerprint density at radius 1 is 1.14 bits per heavy atom. The lowest BCUT2D eigenvalue weighted by Crippen LogP contribution is -2.21. The van der Waals surface area contributed by atoms with Crippen molar-refractivity contribution >= 4 is 28.9 Å². The van der Waals surface area contributed by atoms with E-state index in [-0.39, 0.29) is 28.7 Å². The summed E-state index contributed by atoms with van der Waals surface area (Å²) in [5.41, 5.74) is 0.649. The van der Waals surface area contributed by atoms with Crippen LogP contribution in [0.4, 0.5) is 5.69 Å². The predicted octanol–water partition coefficient (Wildman–Crippen LogP) is 3.81. The molecule has 0 aliphatic carbocycles. The van der Waals surface area contributed by atoms with Crippen LogP contribution >= 0.6 is 11.3 Å². The first-order valence-electron chi connectivity index (χ1n) is 8.43. The monoisotopic (exact) mass is 412 g/mol. The Kier molecular flexibility index (Phi) is 6.20. The maximum absolute atomic E-state index is 12.3. The highest BCUT2D eigenvalue weighted by Crippen LogP contribution is 2.31. The van der Waals surface area contributed by atoms with E-state index in [4.69, 9.17) is 9.47 Å². The number of esters is 1. The molecule has 1 N–H and O–H groups in total. The first-order chi connectivity index (χ1) is 14.0. The van der Waals surface area contributed by atoms with E-state index in [1.54, 1.807) is 24.3 Å². The average molecular weight is 412 g/mol. The topological polar surface area (TPSA) is 108 Å². The molecule has 0 atom stereocenters. The molecule has 1 heterocycles. The molecule has 8 nitrogen and oxygen atoms in total. The van der Waals surface area contributed by atoms with Gasteiger partial charge in [-0.15, -0.1) is 11.3 Å². The zero-order valence-corrected chi connectivity index (χ0v) is 16.1. The van der Waals surface area contributed by atoms with Crippen molar-refractivity contribution in [2.24, 2.45) is 0 Å². The van der Waals surface area contributed by atoms with E-state index >= 15 is 0 Å². The molecule has 29 heavy (non-hydrogen) atoms. The number of carbonyl (C=O) groups excluding carboxylic acids is 2. The molecule has 9 heteroatoms. The number of ether oxygens (including phenoxy) is 2. The number of benzene rings is 2. The minimum atomic E-state index is -0.729. The van der Waals surface area contributed by atoms with E-state index in [0.717, 1.165) is 5.56 Å². The van der Waals surface area contributed by atoms with E-state index in [1.165, 1.54) is 48.8 Å². The smallest absolute Gasteiger partial charge is 0.343 e. The van der Waals surface area contributed by atoms with Crippen LogP contribution in [0.2, 0.25) is 0 Å². The summed E-state index contributed by atoms with van der Waals surface area (Å²) in [5, 5.41) is 15.8. The second-order valence-corrected chi connectivity index (χ2v) is 6.78. The molecule has 0 spiro atoms. The van der Waals surface area contributed by atoms with Gasteiger partial charge in [0.1, 0.15) is 5.75 Å². The normalized spacial score (nSPS) is 10.2. The summed E-state index contributed by atoms with van der Waals surface area (Å²) in [6.07, 6.45) is 0. The molecule has 1 aromatic heterocycles. The number of nitro groups is 1. The van der Waals surface area contributed by atoms with Gasteiger partial charge >= 0.3 is 11.7 Å². The van der Waals surface area contributed by atoms with Crippen LogP contribution in [0, 0.1) is 10.1 Å². The lowest BCUT2D eigenvalue weighted by molar-refractivity contribution is -0.385.